The number of hydrogen-bond acceptors (Lipinski definition) is 3. The molecule has 98 valence electrons. The number of carbonyl (C=O) groups is 2. The van der Waals surface area contributed by atoms with Crippen LogP contribution < -0.4 is 0 Å². The van der Waals surface area contributed by atoms with Gasteiger partial charge in [-0.05, 0) is 19.3 Å². The molecular weight excluding hydrogens is 248 g/mol. The monoisotopic (exact) mass is 266 g/mol. The molecule has 0 spiro atoms. The van der Waals surface area contributed by atoms with Crippen molar-refractivity contribution in [3.8, 4) is 12.3 Å². The normalized spacial score (nSPS) is 23.8. The minimum atomic E-state index is -0.197. The molecule has 2 fully saturated rings. The maximum atomic E-state index is 12.3. The van der Waals surface area contributed by atoms with Crippen molar-refractivity contribution in [1.82, 2.24) is 9.80 Å². The van der Waals surface area contributed by atoms with E-state index in [1.807, 2.05) is 0 Å². The molecule has 0 bridgehead atoms. The van der Waals surface area contributed by atoms with Gasteiger partial charge in [-0.3, -0.25) is 9.59 Å². The zero-order valence-corrected chi connectivity index (χ0v) is 11.2. The molecule has 2 rings (SSSR count). The lowest BCUT2D eigenvalue weighted by molar-refractivity contribution is -0.157. The zero-order valence-electron chi connectivity index (χ0n) is 10.4. The van der Waals surface area contributed by atoms with Crippen LogP contribution in [-0.2, 0) is 9.59 Å². The van der Waals surface area contributed by atoms with E-state index in [1.54, 1.807) is 21.6 Å². The molecule has 0 saturated carbocycles. The lowest BCUT2D eigenvalue weighted by atomic mass is 9.98. The Morgan fingerprint density at radius 3 is 3.00 bits per heavy atom. The molecule has 2 heterocycles. The number of fused-ring (bicyclic) bond motifs is 1. The van der Waals surface area contributed by atoms with E-state index in [2.05, 4.69) is 5.92 Å². The molecule has 2 saturated heterocycles. The van der Waals surface area contributed by atoms with Gasteiger partial charge in [-0.2, -0.15) is 0 Å². The minimum Gasteiger partial charge on any atom is -0.331 e. The van der Waals surface area contributed by atoms with Gasteiger partial charge in [0, 0.05) is 18.8 Å². The van der Waals surface area contributed by atoms with Gasteiger partial charge in [0.25, 0.3) is 0 Å². The SMILES string of the molecule is C#CCSCCN1CC(=O)N2CCCCC2C1=O. The van der Waals surface area contributed by atoms with Crippen LogP contribution >= 0.6 is 11.8 Å². The summed E-state index contributed by atoms with van der Waals surface area (Å²) < 4.78 is 0. The average molecular weight is 266 g/mol. The van der Waals surface area contributed by atoms with Gasteiger partial charge in [-0.15, -0.1) is 18.2 Å². The molecule has 4 nitrogen and oxygen atoms in total. The van der Waals surface area contributed by atoms with Gasteiger partial charge in [0.1, 0.15) is 6.04 Å². The third-order valence-electron chi connectivity index (χ3n) is 3.44. The first-order chi connectivity index (χ1) is 8.74. The number of nitrogens with zero attached hydrogens (tertiary/aromatic N) is 2. The minimum absolute atomic E-state index is 0.0984. The van der Waals surface area contributed by atoms with Gasteiger partial charge in [-0.1, -0.05) is 5.92 Å². The second-order valence-corrected chi connectivity index (χ2v) is 5.72. The van der Waals surface area contributed by atoms with Gasteiger partial charge in [0.15, 0.2) is 0 Å². The number of piperazine rings is 1. The smallest absolute Gasteiger partial charge is 0.245 e. The lowest BCUT2D eigenvalue weighted by Gasteiger charge is -2.42. The summed E-state index contributed by atoms with van der Waals surface area (Å²) in [5, 5.41) is 0. The standard InChI is InChI=1S/C13H18N2O2S/c1-2-8-18-9-7-14-10-12(16)15-6-4-3-5-11(15)13(14)17/h1,11H,3-10H2. The molecule has 0 N–H and O–H groups in total. The summed E-state index contributed by atoms with van der Waals surface area (Å²) >= 11 is 1.62. The Labute approximate surface area is 112 Å². The van der Waals surface area contributed by atoms with E-state index < -0.39 is 0 Å². The molecule has 5 heteroatoms. The molecule has 2 aliphatic heterocycles. The van der Waals surface area contributed by atoms with Crippen molar-refractivity contribution in [3.05, 3.63) is 0 Å². The van der Waals surface area contributed by atoms with E-state index in [1.165, 1.54) is 0 Å². The largest absolute Gasteiger partial charge is 0.331 e. The van der Waals surface area contributed by atoms with E-state index >= 15 is 0 Å². The summed E-state index contributed by atoms with van der Waals surface area (Å²) in [6, 6.07) is -0.197. The molecule has 18 heavy (non-hydrogen) atoms. The summed E-state index contributed by atoms with van der Waals surface area (Å²) in [4.78, 5) is 27.7. The molecule has 2 amide bonds. The Balaban J connectivity index is 1.91. The summed E-state index contributed by atoms with van der Waals surface area (Å²) in [6.07, 6.45) is 8.05. The van der Waals surface area contributed by atoms with Crippen molar-refractivity contribution in [2.75, 3.05) is 31.1 Å². The quantitative estimate of drug-likeness (QED) is 0.552. The predicted molar refractivity (Wildman–Crippen MR) is 72.1 cm³/mol. The summed E-state index contributed by atoms with van der Waals surface area (Å²) in [6.45, 7) is 1.61. The van der Waals surface area contributed by atoms with Gasteiger partial charge in [-0.25, -0.2) is 0 Å². The third kappa shape index (κ3) is 2.81. The number of terminal acetylenes is 1. The summed E-state index contributed by atoms with van der Waals surface area (Å²) in [5.41, 5.74) is 0. The van der Waals surface area contributed by atoms with Crippen molar-refractivity contribution >= 4 is 23.6 Å². The fourth-order valence-corrected chi connectivity index (χ4v) is 3.14. The molecule has 0 aromatic heterocycles. The highest BCUT2D eigenvalue weighted by Crippen LogP contribution is 2.23. The first kappa shape index (κ1) is 13.3. The molecular formula is C13H18N2O2S. The first-order valence-corrected chi connectivity index (χ1v) is 7.49. The molecule has 0 aromatic rings. The van der Waals surface area contributed by atoms with E-state index in [9.17, 15) is 9.59 Å². The van der Waals surface area contributed by atoms with Crippen LogP contribution in [0.1, 0.15) is 19.3 Å². The number of rotatable bonds is 4. The second kappa shape index (κ2) is 6.14. The van der Waals surface area contributed by atoms with Crippen LogP contribution in [0.3, 0.4) is 0 Å². The summed E-state index contributed by atoms with van der Waals surface area (Å²) in [5.74, 6) is 4.23. The molecule has 1 atom stereocenters. The van der Waals surface area contributed by atoms with Gasteiger partial charge < -0.3 is 9.80 Å². The second-order valence-electron chi connectivity index (χ2n) is 4.62. The Morgan fingerprint density at radius 2 is 2.22 bits per heavy atom. The van der Waals surface area contributed by atoms with Crippen LogP contribution in [-0.4, -0.2) is 58.8 Å². The number of thioether (sulfide) groups is 1. The Bertz CT molecular complexity index is 378. The van der Waals surface area contributed by atoms with Crippen LogP contribution in [0.2, 0.25) is 0 Å². The maximum absolute atomic E-state index is 12.3. The highest BCUT2D eigenvalue weighted by Gasteiger charge is 2.39. The molecule has 2 aliphatic rings. The van der Waals surface area contributed by atoms with Crippen LogP contribution in [0.4, 0.5) is 0 Å². The fourth-order valence-electron chi connectivity index (χ4n) is 2.52. The Hall–Kier alpha value is -1.15. The maximum Gasteiger partial charge on any atom is 0.245 e. The van der Waals surface area contributed by atoms with Crippen molar-refractivity contribution in [2.24, 2.45) is 0 Å². The molecule has 0 aliphatic carbocycles. The number of piperidine rings is 1. The van der Waals surface area contributed by atoms with E-state index in [0.717, 1.165) is 31.6 Å². The van der Waals surface area contributed by atoms with Crippen LogP contribution in [0.15, 0.2) is 0 Å². The predicted octanol–water partition coefficient (Wildman–Crippen LogP) is 0.576. The highest BCUT2D eigenvalue weighted by atomic mass is 32.2. The first-order valence-electron chi connectivity index (χ1n) is 6.33. The topological polar surface area (TPSA) is 40.6 Å². The van der Waals surface area contributed by atoms with Crippen molar-refractivity contribution in [3.63, 3.8) is 0 Å². The van der Waals surface area contributed by atoms with Crippen LogP contribution in [0.5, 0.6) is 0 Å². The van der Waals surface area contributed by atoms with E-state index in [-0.39, 0.29) is 24.4 Å². The van der Waals surface area contributed by atoms with Crippen molar-refractivity contribution in [1.29, 1.82) is 0 Å². The van der Waals surface area contributed by atoms with Gasteiger partial charge >= 0.3 is 0 Å². The Morgan fingerprint density at radius 1 is 1.39 bits per heavy atom. The molecule has 0 radical (unpaired) electrons. The molecule has 1 unspecified atom stereocenters. The van der Waals surface area contributed by atoms with E-state index in [4.69, 9.17) is 6.42 Å². The zero-order chi connectivity index (χ0) is 13.0. The van der Waals surface area contributed by atoms with E-state index in [0.29, 0.717) is 12.3 Å². The number of carbonyl (C=O) groups excluding carboxylic acids is 2. The van der Waals surface area contributed by atoms with Crippen molar-refractivity contribution < 1.29 is 9.59 Å². The fraction of sp³-hybridized carbons (Fsp3) is 0.692. The lowest BCUT2D eigenvalue weighted by Crippen LogP contribution is -2.61. The van der Waals surface area contributed by atoms with Crippen molar-refractivity contribution in [2.45, 2.75) is 25.3 Å². The molecule has 0 aromatic carbocycles. The number of amides is 2. The third-order valence-corrected chi connectivity index (χ3v) is 4.28. The van der Waals surface area contributed by atoms with Gasteiger partial charge in [0.05, 0.1) is 12.3 Å². The Kier molecular flexibility index (Phi) is 4.54. The van der Waals surface area contributed by atoms with Crippen LogP contribution in [0.25, 0.3) is 0 Å². The highest BCUT2D eigenvalue weighted by molar-refractivity contribution is 7.99. The van der Waals surface area contributed by atoms with Crippen LogP contribution in [0, 0.1) is 12.3 Å². The summed E-state index contributed by atoms with van der Waals surface area (Å²) in [7, 11) is 0. The number of hydrogen-bond donors (Lipinski definition) is 0. The average Bonchev–Trinajstić information content (AvgIpc) is 2.40. The van der Waals surface area contributed by atoms with Gasteiger partial charge in [0.2, 0.25) is 11.8 Å².